The Bertz CT molecular complexity index is 1230. The Labute approximate surface area is 195 Å². The number of benzene rings is 2. The zero-order valence-corrected chi connectivity index (χ0v) is 19.1. The summed E-state index contributed by atoms with van der Waals surface area (Å²) in [5.74, 6) is -1.15. The van der Waals surface area contributed by atoms with Crippen LogP contribution in [0.25, 0.3) is 26.4 Å². The molecule has 2 heterocycles. The number of halogens is 2. The minimum Gasteiger partial charge on any atom is -0.494 e. The molecule has 33 heavy (non-hydrogen) atoms. The van der Waals surface area contributed by atoms with E-state index < -0.39 is 11.6 Å². The number of nitrogens with zero attached hydrogens (tertiary/aromatic N) is 2. The molecule has 1 fully saturated rings. The van der Waals surface area contributed by atoms with Crippen LogP contribution in [-0.2, 0) is 0 Å². The van der Waals surface area contributed by atoms with Gasteiger partial charge in [0.15, 0.2) is 11.6 Å². The van der Waals surface area contributed by atoms with E-state index in [4.69, 9.17) is 11.3 Å². The van der Waals surface area contributed by atoms with E-state index in [0.717, 1.165) is 13.0 Å². The highest BCUT2D eigenvalue weighted by Gasteiger charge is 2.26. The summed E-state index contributed by atoms with van der Waals surface area (Å²) < 4.78 is 33.9. The molecule has 0 aliphatic carbocycles. The molecule has 1 unspecified atom stereocenters. The first-order valence-corrected chi connectivity index (χ1v) is 11.4. The Morgan fingerprint density at radius 1 is 1.18 bits per heavy atom. The lowest BCUT2D eigenvalue weighted by molar-refractivity contribution is 0.0712. The number of hydrogen-bond acceptors (Lipinski definition) is 4. The minimum atomic E-state index is -0.638. The van der Waals surface area contributed by atoms with Crippen LogP contribution in [0.1, 0.15) is 23.0 Å². The maximum absolute atomic E-state index is 14.5. The van der Waals surface area contributed by atoms with Crippen molar-refractivity contribution in [2.45, 2.75) is 19.4 Å². The number of carbonyl (C=O) groups is 1. The van der Waals surface area contributed by atoms with Crippen LogP contribution in [-0.4, -0.2) is 43.6 Å². The molecule has 8 heteroatoms. The maximum Gasteiger partial charge on any atom is 0.264 e. The van der Waals surface area contributed by atoms with Crippen LogP contribution < -0.4 is 10.1 Å². The van der Waals surface area contributed by atoms with Crippen molar-refractivity contribution in [1.29, 1.82) is 0 Å². The van der Waals surface area contributed by atoms with Gasteiger partial charge in [-0.25, -0.2) is 13.6 Å². The summed E-state index contributed by atoms with van der Waals surface area (Å²) in [6.07, 6.45) is 0.855. The summed E-state index contributed by atoms with van der Waals surface area (Å²) in [7, 11) is 1.39. The molecule has 170 valence electrons. The zero-order valence-electron chi connectivity index (χ0n) is 18.3. The largest absolute Gasteiger partial charge is 0.494 e. The van der Waals surface area contributed by atoms with Crippen molar-refractivity contribution >= 4 is 22.9 Å². The summed E-state index contributed by atoms with van der Waals surface area (Å²) in [5.41, 5.74) is 1.62. The summed E-state index contributed by atoms with van der Waals surface area (Å²) in [4.78, 5) is 19.6. The zero-order chi connectivity index (χ0) is 23.5. The Morgan fingerprint density at radius 2 is 1.94 bits per heavy atom. The molecule has 1 N–H and O–H groups in total. The minimum absolute atomic E-state index is 0.0304. The Balaban J connectivity index is 1.83. The summed E-state index contributed by atoms with van der Waals surface area (Å²) in [6.45, 7) is 11.3. The average Bonchev–Trinajstić information content (AvgIpc) is 3.15. The molecule has 5 nitrogen and oxygen atoms in total. The predicted molar refractivity (Wildman–Crippen MR) is 126 cm³/mol. The second-order valence-electron chi connectivity index (χ2n) is 7.89. The average molecular weight is 468 g/mol. The Hall–Kier alpha value is -3.28. The van der Waals surface area contributed by atoms with Crippen molar-refractivity contribution in [3.05, 3.63) is 70.4 Å². The Morgan fingerprint density at radius 3 is 2.64 bits per heavy atom. The van der Waals surface area contributed by atoms with Crippen LogP contribution in [0.5, 0.6) is 5.75 Å². The van der Waals surface area contributed by atoms with Gasteiger partial charge in [0.05, 0.1) is 18.6 Å². The van der Waals surface area contributed by atoms with E-state index in [1.165, 1.54) is 42.7 Å². The number of amides is 1. The van der Waals surface area contributed by atoms with Crippen molar-refractivity contribution in [1.82, 2.24) is 10.2 Å². The van der Waals surface area contributed by atoms with Gasteiger partial charge in [0.1, 0.15) is 5.82 Å². The van der Waals surface area contributed by atoms with Crippen LogP contribution in [0.3, 0.4) is 0 Å². The van der Waals surface area contributed by atoms with Crippen LogP contribution in [0.2, 0.25) is 0 Å². The standard InChI is InChI=1S/C25H23F2N3O2S/c1-15-14-29-9-4-10-30(15)25(31)23-13-18(16-5-7-21(28-2)19(26)11-16)24(33-23)17-6-8-22(32-3)20(27)12-17/h5-8,11-13,15,29H,4,9-10,14H2,1,3H3. The van der Waals surface area contributed by atoms with Gasteiger partial charge in [-0.2, -0.15) is 0 Å². The number of carbonyl (C=O) groups excluding carboxylic acids is 1. The van der Waals surface area contributed by atoms with Crippen molar-refractivity contribution in [2.24, 2.45) is 0 Å². The van der Waals surface area contributed by atoms with Gasteiger partial charge in [-0.1, -0.05) is 12.1 Å². The number of nitrogens with one attached hydrogen (secondary N) is 1. The highest BCUT2D eigenvalue weighted by molar-refractivity contribution is 7.18. The summed E-state index contributed by atoms with van der Waals surface area (Å²) in [6, 6.07) is 10.7. The predicted octanol–water partition coefficient (Wildman–Crippen LogP) is 5.74. The molecule has 1 saturated heterocycles. The molecular weight excluding hydrogens is 444 g/mol. The molecule has 1 aliphatic heterocycles. The Kier molecular flexibility index (Phi) is 6.72. The van der Waals surface area contributed by atoms with E-state index in [1.807, 2.05) is 11.8 Å². The smallest absolute Gasteiger partial charge is 0.264 e. The van der Waals surface area contributed by atoms with Gasteiger partial charge in [-0.05, 0) is 61.3 Å². The van der Waals surface area contributed by atoms with Crippen LogP contribution in [0.15, 0.2) is 42.5 Å². The van der Waals surface area contributed by atoms with E-state index in [9.17, 15) is 13.6 Å². The number of methoxy groups -OCH3 is 1. The van der Waals surface area contributed by atoms with Gasteiger partial charge in [0, 0.05) is 29.6 Å². The van der Waals surface area contributed by atoms with Crippen LogP contribution in [0, 0.1) is 18.2 Å². The maximum atomic E-state index is 14.5. The lowest BCUT2D eigenvalue weighted by Crippen LogP contribution is -2.41. The van der Waals surface area contributed by atoms with Gasteiger partial charge < -0.3 is 15.0 Å². The fourth-order valence-electron chi connectivity index (χ4n) is 3.96. The third-order valence-electron chi connectivity index (χ3n) is 5.72. The molecule has 3 aromatic rings. The van der Waals surface area contributed by atoms with Crippen LogP contribution in [0.4, 0.5) is 14.5 Å². The number of rotatable bonds is 4. The first-order chi connectivity index (χ1) is 15.9. The molecule has 1 amide bonds. The third-order valence-corrected chi connectivity index (χ3v) is 6.89. The summed E-state index contributed by atoms with van der Waals surface area (Å²) >= 11 is 1.25. The van der Waals surface area contributed by atoms with Gasteiger partial charge in [0.25, 0.3) is 5.91 Å². The second-order valence-corrected chi connectivity index (χ2v) is 8.94. The highest BCUT2D eigenvalue weighted by atomic mass is 32.1. The quantitative estimate of drug-likeness (QED) is 0.498. The first kappa shape index (κ1) is 22.9. The van der Waals surface area contributed by atoms with Gasteiger partial charge in [-0.15, -0.1) is 11.3 Å². The van der Waals surface area contributed by atoms with E-state index >= 15 is 0 Å². The summed E-state index contributed by atoms with van der Waals surface area (Å²) in [5, 5.41) is 3.33. The van der Waals surface area contributed by atoms with E-state index in [2.05, 4.69) is 10.2 Å². The van der Waals surface area contributed by atoms with Crippen molar-refractivity contribution < 1.29 is 18.3 Å². The third kappa shape index (κ3) is 4.61. The molecular formula is C25H23F2N3O2S. The fourth-order valence-corrected chi connectivity index (χ4v) is 5.09. The number of ether oxygens (including phenoxy) is 1. The molecule has 0 saturated carbocycles. The first-order valence-electron chi connectivity index (χ1n) is 10.6. The topological polar surface area (TPSA) is 45.9 Å². The molecule has 0 bridgehead atoms. The van der Waals surface area contributed by atoms with E-state index in [0.29, 0.717) is 39.5 Å². The highest BCUT2D eigenvalue weighted by Crippen LogP contribution is 2.42. The van der Waals surface area contributed by atoms with Gasteiger partial charge >= 0.3 is 0 Å². The van der Waals surface area contributed by atoms with E-state index in [1.54, 1.807) is 18.2 Å². The molecule has 1 atom stereocenters. The number of hydrogen-bond donors (Lipinski definition) is 1. The van der Waals surface area contributed by atoms with Gasteiger partial charge in [0.2, 0.25) is 5.69 Å². The second kappa shape index (κ2) is 9.69. The van der Waals surface area contributed by atoms with Gasteiger partial charge in [-0.3, -0.25) is 4.79 Å². The van der Waals surface area contributed by atoms with E-state index in [-0.39, 0.29) is 23.4 Å². The van der Waals surface area contributed by atoms with Crippen molar-refractivity contribution in [2.75, 3.05) is 26.7 Å². The molecule has 0 radical (unpaired) electrons. The monoisotopic (exact) mass is 467 g/mol. The number of thiophene rings is 1. The lowest BCUT2D eigenvalue weighted by Gasteiger charge is -2.26. The van der Waals surface area contributed by atoms with Crippen molar-refractivity contribution in [3.63, 3.8) is 0 Å². The molecule has 2 aromatic carbocycles. The SMILES string of the molecule is [C-]#[N+]c1ccc(-c2cc(C(=O)N3CCCNCC3C)sc2-c2ccc(OC)c(F)c2)cc1F. The van der Waals surface area contributed by atoms with Crippen molar-refractivity contribution in [3.8, 4) is 27.3 Å². The molecule has 4 rings (SSSR count). The van der Waals surface area contributed by atoms with Crippen LogP contribution >= 0.6 is 11.3 Å². The molecule has 1 aliphatic rings. The molecule has 1 aromatic heterocycles. The normalized spacial score (nSPS) is 16.2. The fraction of sp³-hybridized carbons (Fsp3) is 0.280. The molecule has 0 spiro atoms. The lowest BCUT2D eigenvalue weighted by atomic mass is 10.0.